The minimum Gasteiger partial charge on any atom is -0.324 e. The molecule has 0 aliphatic rings. The third-order valence-electron chi connectivity index (χ3n) is 0.659. The SMILES string of the molecule is O=P(O)(O)CC(S)CS. The van der Waals surface area contributed by atoms with Gasteiger partial charge in [-0.15, -0.1) is 0 Å². The topological polar surface area (TPSA) is 57.5 Å². The molecule has 0 aliphatic heterocycles. The Kier molecular flexibility index (Phi) is 4.25. The summed E-state index contributed by atoms with van der Waals surface area (Å²) in [5, 5.41) is -0.311. The highest BCUT2D eigenvalue weighted by Gasteiger charge is 2.16. The first-order valence-corrected chi connectivity index (χ1v) is 5.24. The van der Waals surface area contributed by atoms with Crippen LogP contribution in [0.1, 0.15) is 0 Å². The second kappa shape index (κ2) is 3.88. The second-order valence-corrected chi connectivity index (χ2v) is 4.47. The van der Waals surface area contributed by atoms with E-state index in [4.69, 9.17) is 9.79 Å². The van der Waals surface area contributed by atoms with Gasteiger partial charge in [-0.2, -0.15) is 25.3 Å². The van der Waals surface area contributed by atoms with Crippen molar-refractivity contribution in [2.75, 3.05) is 11.9 Å². The molecule has 3 nitrogen and oxygen atoms in total. The number of hydrogen-bond acceptors (Lipinski definition) is 3. The van der Waals surface area contributed by atoms with E-state index in [1.54, 1.807) is 0 Å². The van der Waals surface area contributed by atoms with Crippen molar-refractivity contribution in [2.45, 2.75) is 5.25 Å². The zero-order chi connectivity index (χ0) is 7.49. The molecule has 1 unspecified atom stereocenters. The highest BCUT2D eigenvalue weighted by molar-refractivity contribution is 7.85. The van der Waals surface area contributed by atoms with E-state index in [1.165, 1.54) is 0 Å². The molecular formula is C3H9O3PS2. The van der Waals surface area contributed by atoms with Gasteiger partial charge in [0.05, 0.1) is 6.16 Å². The van der Waals surface area contributed by atoms with Crippen molar-refractivity contribution in [1.82, 2.24) is 0 Å². The molecule has 0 aliphatic carbocycles. The Hall–Kier alpha value is 0.850. The summed E-state index contributed by atoms with van der Waals surface area (Å²) in [6, 6.07) is 0. The smallest absolute Gasteiger partial charge is 0.324 e. The molecule has 9 heavy (non-hydrogen) atoms. The Labute approximate surface area is 64.8 Å². The van der Waals surface area contributed by atoms with Crippen LogP contribution in [0.5, 0.6) is 0 Å². The van der Waals surface area contributed by atoms with Crippen LogP contribution in [0.2, 0.25) is 0 Å². The van der Waals surface area contributed by atoms with Crippen molar-refractivity contribution in [3.8, 4) is 0 Å². The summed E-state index contributed by atoms with van der Waals surface area (Å²) >= 11 is 7.66. The van der Waals surface area contributed by atoms with Crippen LogP contribution in [0, 0.1) is 0 Å². The van der Waals surface area contributed by atoms with E-state index in [0.29, 0.717) is 5.75 Å². The fraction of sp³-hybridized carbons (Fsp3) is 1.00. The van der Waals surface area contributed by atoms with Gasteiger partial charge in [-0.1, -0.05) is 0 Å². The fourth-order valence-corrected chi connectivity index (χ4v) is 1.98. The normalized spacial score (nSPS) is 15.6. The summed E-state index contributed by atoms with van der Waals surface area (Å²) in [7, 11) is -3.86. The Morgan fingerprint density at radius 2 is 2.00 bits per heavy atom. The number of hydrogen-bond donors (Lipinski definition) is 4. The maximum atomic E-state index is 10.2. The molecule has 2 N–H and O–H groups in total. The van der Waals surface area contributed by atoms with Crippen LogP contribution in [0.3, 0.4) is 0 Å². The monoisotopic (exact) mass is 188 g/mol. The van der Waals surface area contributed by atoms with E-state index in [9.17, 15) is 4.57 Å². The van der Waals surface area contributed by atoms with Crippen molar-refractivity contribution in [3.05, 3.63) is 0 Å². The Morgan fingerprint density at radius 1 is 1.56 bits per heavy atom. The first-order valence-electron chi connectivity index (χ1n) is 2.29. The molecule has 56 valence electrons. The van der Waals surface area contributed by atoms with Gasteiger partial charge in [0.2, 0.25) is 0 Å². The van der Waals surface area contributed by atoms with Crippen molar-refractivity contribution in [1.29, 1.82) is 0 Å². The first-order chi connectivity index (χ1) is 3.95. The molecule has 0 fully saturated rings. The van der Waals surface area contributed by atoms with Gasteiger partial charge in [-0.3, -0.25) is 4.57 Å². The summed E-state index contributed by atoms with van der Waals surface area (Å²) in [5.74, 6) is 0.383. The van der Waals surface area contributed by atoms with Crippen molar-refractivity contribution in [3.63, 3.8) is 0 Å². The summed E-state index contributed by atoms with van der Waals surface area (Å²) in [5.41, 5.74) is 0. The first kappa shape index (κ1) is 9.85. The van der Waals surface area contributed by atoms with Crippen molar-refractivity contribution < 1.29 is 14.4 Å². The van der Waals surface area contributed by atoms with Crippen LogP contribution in [-0.2, 0) is 4.57 Å². The standard InChI is InChI=1S/C3H9O3PS2/c4-7(5,6)1-3(9)2-8/h3,8-9H,1-2H2,(H2,4,5,6). The molecule has 0 aromatic rings. The Balaban J connectivity index is 3.60. The van der Waals surface area contributed by atoms with Gasteiger partial charge < -0.3 is 9.79 Å². The van der Waals surface area contributed by atoms with Crippen LogP contribution in [0.4, 0.5) is 0 Å². The summed E-state index contributed by atoms with van der Waals surface area (Å²) in [6.45, 7) is 0. The average molecular weight is 188 g/mol. The van der Waals surface area contributed by atoms with Crippen molar-refractivity contribution >= 4 is 32.9 Å². The lowest BCUT2D eigenvalue weighted by Crippen LogP contribution is -2.06. The van der Waals surface area contributed by atoms with Gasteiger partial charge in [0, 0.05) is 11.0 Å². The second-order valence-electron chi connectivity index (χ2n) is 1.68. The quantitative estimate of drug-likeness (QED) is 0.383. The van der Waals surface area contributed by atoms with Gasteiger partial charge in [-0.05, 0) is 0 Å². The van der Waals surface area contributed by atoms with Gasteiger partial charge in [0.15, 0.2) is 0 Å². The minimum atomic E-state index is -3.86. The maximum absolute atomic E-state index is 10.2. The predicted molar refractivity (Wildman–Crippen MR) is 43.5 cm³/mol. The summed E-state index contributed by atoms with van der Waals surface area (Å²) < 4.78 is 10.2. The third-order valence-corrected chi connectivity index (χ3v) is 2.96. The predicted octanol–water partition coefficient (Wildman–Crippen LogP) is 0.392. The van der Waals surface area contributed by atoms with Crippen LogP contribution in [0.15, 0.2) is 0 Å². The largest absolute Gasteiger partial charge is 0.326 e. The van der Waals surface area contributed by atoms with E-state index in [2.05, 4.69) is 25.3 Å². The van der Waals surface area contributed by atoms with E-state index in [1.807, 2.05) is 0 Å². The molecular weight excluding hydrogens is 179 g/mol. The highest BCUT2D eigenvalue weighted by atomic mass is 32.1. The summed E-state index contributed by atoms with van der Waals surface area (Å²) in [6.07, 6.45) is -0.195. The molecule has 0 heterocycles. The van der Waals surface area contributed by atoms with E-state index in [0.717, 1.165) is 0 Å². The van der Waals surface area contributed by atoms with E-state index in [-0.39, 0.29) is 11.4 Å². The van der Waals surface area contributed by atoms with E-state index < -0.39 is 7.60 Å². The lowest BCUT2D eigenvalue weighted by Gasteiger charge is -2.07. The van der Waals surface area contributed by atoms with Gasteiger partial charge in [0.25, 0.3) is 0 Å². The molecule has 1 atom stereocenters. The lowest BCUT2D eigenvalue weighted by atomic mass is 10.5. The van der Waals surface area contributed by atoms with Crippen LogP contribution in [-0.4, -0.2) is 27.0 Å². The molecule has 0 aromatic heterocycles. The molecule has 0 radical (unpaired) electrons. The highest BCUT2D eigenvalue weighted by Crippen LogP contribution is 2.36. The molecule has 0 saturated heterocycles. The van der Waals surface area contributed by atoms with Crippen LogP contribution >= 0.6 is 32.9 Å². The fourth-order valence-electron chi connectivity index (χ4n) is 0.332. The number of rotatable bonds is 3. The van der Waals surface area contributed by atoms with E-state index >= 15 is 0 Å². The van der Waals surface area contributed by atoms with Crippen LogP contribution in [0.25, 0.3) is 0 Å². The lowest BCUT2D eigenvalue weighted by molar-refractivity contribution is 0.373. The zero-order valence-corrected chi connectivity index (χ0v) is 7.32. The molecule has 0 spiro atoms. The molecule has 0 aromatic carbocycles. The maximum Gasteiger partial charge on any atom is 0.326 e. The number of thiol groups is 2. The van der Waals surface area contributed by atoms with Gasteiger partial charge >= 0.3 is 7.60 Å². The molecule has 0 amide bonds. The molecule has 0 saturated carbocycles. The van der Waals surface area contributed by atoms with Gasteiger partial charge in [-0.25, -0.2) is 0 Å². The average Bonchev–Trinajstić information content (AvgIpc) is 1.62. The van der Waals surface area contributed by atoms with Gasteiger partial charge in [0.1, 0.15) is 0 Å². The minimum absolute atomic E-state index is 0.195. The molecule has 0 rings (SSSR count). The molecule has 6 heteroatoms. The van der Waals surface area contributed by atoms with Crippen molar-refractivity contribution in [2.24, 2.45) is 0 Å². The summed E-state index contributed by atoms with van der Waals surface area (Å²) in [4.78, 5) is 16.7. The third kappa shape index (κ3) is 6.74. The Morgan fingerprint density at radius 3 is 2.11 bits per heavy atom. The Bertz CT molecular complexity index is 122. The molecule has 0 bridgehead atoms. The zero-order valence-electron chi connectivity index (χ0n) is 4.64. The van der Waals surface area contributed by atoms with Crippen LogP contribution < -0.4 is 0 Å².